The Hall–Kier alpha value is -1.26. The largest absolute Gasteiger partial charge is 0.496 e. The van der Waals surface area contributed by atoms with Gasteiger partial charge in [0.15, 0.2) is 0 Å². The fourth-order valence-corrected chi connectivity index (χ4v) is 2.65. The average molecular weight is 269 g/mol. The van der Waals surface area contributed by atoms with Crippen molar-refractivity contribution < 1.29 is 9.53 Å². The average Bonchev–Trinajstić information content (AvgIpc) is 2.31. The molecule has 0 atom stereocenters. The van der Waals surface area contributed by atoms with E-state index in [1.54, 1.807) is 7.11 Å². The number of carbonyl (C=O) groups is 1. The highest BCUT2D eigenvalue weighted by Crippen LogP contribution is 2.48. The molecule has 5 heteroatoms. The third-order valence-electron chi connectivity index (χ3n) is 3.77. The van der Waals surface area contributed by atoms with Gasteiger partial charge in [-0.1, -0.05) is 18.0 Å². The fraction of sp³-hybridized carbons (Fsp3) is 0.462. The zero-order valence-corrected chi connectivity index (χ0v) is 11.3. The molecule has 0 spiro atoms. The van der Waals surface area contributed by atoms with Gasteiger partial charge in [0.05, 0.1) is 12.5 Å². The molecule has 98 valence electrons. The molecule has 1 aromatic rings. The number of halogens is 1. The van der Waals surface area contributed by atoms with Crippen LogP contribution in [0, 0.1) is 6.92 Å². The summed E-state index contributed by atoms with van der Waals surface area (Å²) in [7, 11) is 1.60. The summed E-state index contributed by atoms with van der Waals surface area (Å²) in [4.78, 5) is 12.0. The summed E-state index contributed by atoms with van der Waals surface area (Å²) in [5.41, 5.74) is 3.43. The van der Waals surface area contributed by atoms with E-state index in [4.69, 9.17) is 22.2 Å². The number of nitrogens with two attached hydrogens (primary N) is 1. The first-order chi connectivity index (χ1) is 8.55. The Morgan fingerprint density at radius 1 is 1.50 bits per heavy atom. The van der Waals surface area contributed by atoms with Crippen LogP contribution in [0.15, 0.2) is 12.1 Å². The number of nitrogens with one attached hydrogen (secondary N) is 1. The minimum atomic E-state index is -0.586. The number of carbonyl (C=O) groups excluding carboxylic acids is 1. The molecule has 1 saturated carbocycles. The monoisotopic (exact) mass is 268 g/mol. The second-order valence-electron chi connectivity index (χ2n) is 4.71. The highest BCUT2D eigenvalue weighted by molar-refractivity contribution is 6.31. The first-order valence-electron chi connectivity index (χ1n) is 5.91. The Bertz CT molecular complexity index is 484. The van der Waals surface area contributed by atoms with Crippen molar-refractivity contribution in [3.05, 3.63) is 28.3 Å². The topological polar surface area (TPSA) is 64.3 Å². The molecule has 0 unspecified atom stereocenters. The van der Waals surface area contributed by atoms with Crippen LogP contribution < -0.4 is 16.0 Å². The SMILES string of the molecule is COc1cc(C)c(Cl)cc1C1(C(=O)NN)CCC1. The summed E-state index contributed by atoms with van der Waals surface area (Å²) in [6, 6.07) is 3.69. The van der Waals surface area contributed by atoms with Crippen LogP contribution in [0.2, 0.25) is 5.02 Å². The van der Waals surface area contributed by atoms with Crippen molar-refractivity contribution in [2.45, 2.75) is 31.6 Å². The number of methoxy groups -OCH3 is 1. The lowest BCUT2D eigenvalue weighted by Gasteiger charge is -2.41. The normalized spacial score (nSPS) is 16.9. The lowest BCUT2D eigenvalue weighted by molar-refractivity contribution is -0.130. The van der Waals surface area contributed by atoms with Crippen LogP contribution >= 0.6 is 11.6 Å². The van der Waals surface area contributed by atoms with Crippen molar-refractivity contribution in [2.75, 3.05) is 7.11 Å². The van der Waals surface area contributed by atoms with Gasteiger partial charge in [0.1, 0.15) is 5.75 Å². The zero-order valence-electron chi connectivity index (χ0n) is 10.5. The highest BCUT2D eigenvalue weighted by atomic mass is 35.5. The number of benzene rings is 1. The predicted molar refractivity (Wildman–Crippen MR) is 70.6 cm³/mol. The van der Waals surface area contributed by atoms with E-state index in [0.29, 0.717) is 10.8 Å². The fourth-order valence-electron chi connectivity index (χ4n) is 2.49. The maximum atomic E-state index is 12.0. The van der Waals surface area contributed by atoms with Crippen LogP contribution in [0.25, 0.3) is 0 Å². The molecule has 3 N–H and O–H groups in total. The Labute approximate surface area is 111 Å². The van der Waals surface area contributed by atoms with Gasteiger partial charge >= 0.3 is 0 Å². The summed E-state index contributed by atoms with van der Waals surface area (Å²) < 4.78 is 5.38. The van der Waals surface area contributed by atoms with E-state index in [0.717, 1.165) is 30.4 Å². The lowest BCUT2D eigenvalue weighted by Crippen LogP contribution is -2.51. The van der Waals surface area contributed by atoms with Crippen molar-refractivity contribution in [1.29, 1.82) is 0 Å². The number of amides is 1. The minimum absolute atomic E-state index is 0.174. The molecule has 1 aromatic carbocycles. The molecule has 0 radical (unpaired) electrons. The molecule has 4 nitrogen and oxygen atoms in total. The molecule has 0 saturated heterocycles. The van der Waals surface area contributed by atoms with Crippen molar-refractivity contribution in [1.82, 2.24) is 5.43 Å². The molecule has 1 fully saturated rings. The van der Waals surface area contributed by atoms with E-state index in [-0.39, 0.29) is 5.91 Å². The van der Waals surface area contributed by atoms with Crippen molar-refractivity contribution in [3.63, 3.8) is 0 Å². The molecule has 18 heavy (non-hydrogen) atoms. The van der Waals surface area contributed by atoms with Gasteiger partial charge in [0.25, 0.3) is 0 Å². The Morgan fingerprint density at radius 2 is 2.17 bits per heavy atom. The van der Waals surface area contributed by atoms with E-state index in [1.165, 1.54) is 0 Å². The van der Waals surface area contributed by atoms with Gasteiger partial charge in [-0.15, -0.1) is 0 Å². The Morgan fingerprint density at radius 3 is 2.61 bits per heavy atom. The summed E-state index contributed by atoms with van der Waals surface area (Å²) in [5.74, 6) is 5.81. The molecular formula is C13H17ClN2O2. The predicted octanol–water partition coefficient (Wildman–Crippen LogP) is 2.07. The van der Waals surface area contributed by atoms with E-state index < -0.39 is 5.41 Å². The van der Waals surface area contributed by atoms with Gasteiger partial charge in [0.2, 0.25) is 5.91 Å². The third-order valence-corrected chi connectivity index (χ3v) is 4.18. The van der Waals surface area contributed by atoms with Gasteiger partial charge in [-0.2, -0.15) is 0 Å². The first kappa shape index (κ1) is 13.2. The van der Waals surface area contributed by atoms with Crippen LogP contribution in [0.1, 0.15) is 30.4 Å². The Balaban J connectivity index is 2.55. The number of hydrogen-bond acceptors (Lipinski definition) is 3. The van der Waals surface area contributed by atoms with Crippen molar-refractivity contribution >= 4 is 17.5 Å². The standard InChI is InChI=1S/C13H17ClN2O2/c1-8-6-11(18-2)9(7-10(8)14)13(4-3-5-13)12(17)16-15/h6-7H,3-5,15H2,1-2H3,(H,16,17). The Kier molecular flexibility index (Phi) is 3.50. The van der Waals surface area contributed by atoms with Crippen LogP contribution in [0.4, 0.5) is 0 Å². The molecular weight excluding hydrogens is 252 g/mol. The highest BCUT2D eigenvalue weighted by Gasteiger charge is 2.47. The summed E-state index contributed by atoms with van der Waals surface area (Å²) in [6.07, 6.45) is 2.54. The third kappa shape index (κ3) is 1.85. The first-order valence-corrected chi connectivity index (χ1v) is 6.28. The molecule has 0 aliphatic heterocycles. The minimum Gasteiger partial charge on any atom is -0.496 e. The quantitative estimate of drug-likeness (QED) is 0.501. The van der Waals surface area contributed by atoms with Gasteiger partial charge in [-0.25, -0.2) is 5.84 Å². The van der Waals surface area contributed by atoms with E-state index >= 15 is 0 Å². The van der Waals surface area contributed by atoms with Crippen LogP contribution in [-0.4, -0.2) is 13.0 Å². The van der Waals surface area contributed by atoms with Gasteiger partial charge in [-0.05, 0) is 37.5 Å². The number of hydrazine groups is 1. The molecule has 0 aromatic heterocycles. The van der Waals surface area contributed by atoms with E-state index in [9.17, 15) is 4.79 Å². The number of rotatable bonds is 3. The van der Waals surface area contributed by atoms with E-state index in [2.05, 4.69) is 5.43 Å². The second-order valence-corrected chi connectivity index (χ2v) is 5.12. The second kappa shape index (κ2) is 4.78. The van der Waals surface area contributed by atoms with Crippen LogP contribution in [0.5, 0.6) is 5.75 Å². The maximum Gasteiger partial charge on any atom is 0.244 e. The molecule has 1 aliphatic carbocycles. The molecule has 2 rings (SSSR count). The number of ether oxygens (including phenoxy) is 1. The zero-order chi connectivity index (χ0) is 13.3. The lowest BCUT2D eigenvalue weighted by atomic mass is 9.63. The van der Waals surface area contributed by atoms with Gasteiger partial charge < -0.3 is 4.74 Å². The number of hydrogen-bond donors (Lipinski definition) is 2. The molecule has 0 heterocycles. The van der Waals surface area contributed by atoms with Crippen molar-refractivity contribution in [3.8, 4) is 5.75 Å². The summed E-state index contributed by atoms with van der Waals surface area (Å²) in [6.45, 7) is 1.91. The molecule has 0 bridgehead atoms. The molecule has 1 amide bonds. The maximum absolute atomic E-state index is 12.0. The molecule has 1 aliphatic rings. The summed E-state index contributed by atoms with van der Waals surface area (Å²) >= 11 is 6.16. The summed E-state index contributed by atoms with van der Waals surface area (Å²) in [5, 5.41) is 0.641. The van der Waals surface area contributed by atoms with Crippen LogP contribution in [-0.2, 0) is 10.2 Å². The van der Waals surface area contributed by atoms with Gasteiger partial charge in [-0.3, -0.25) is 10.2 Å². The van der Waals surface area contributed by atoms with Gasteiger partial charge in [0, 0.05) is 10.6 Å². The number of aryl methyl sites for hydroxylation is 1. The van der Waals surface area contributed by atoms with E-state index in [1.807, 2.05) is 19.1 Å². The smallest absolute Gasteiger partial charge is 0.244 e. The van der Waals surface area contributed by atoms with Crippen molar-refractivity contribution in [2.24, 2.45) is 5.84 Å². The van der Waals surface area contributed by atoms with Crippen LogP contribution in [0.3, 0.4) is 0 Å².